The molecule has 2 fully saturated rings. The summed E-state index contributed by atoms with van der Waals surface area (Å²) in [5.74, 6) is 1.08. The van der Waals surface area contributed by atoms with E-state index in [0.717, 1.165) is 56.3 Å². The maximum Gasteiger partial charge on any atom is 0.128 e. The molecule has 2 aliphatic heterocycles. The molecule has 0 radical (unpaired) electrons. The molecule has 1 aromatic carbocycles. The van der Waals surface area contributed by atoms with Crippen LogP contribution in [0.2, 0.25) is 5.02 Å². The van der Waals surface area contributed by atoms with E-state index in [-0.39, 0.29) is 6.10 Å². The molecule has 0 saturated carbocycles. The summed E-state index contributed by atoms with van der Waals surface area (Å²) in [7, 11) is 0. The highest BCUT2D eigenvalue weighted by Crippen LogP contribution is 2.26. The lowest BCUT2D eigenvalue weighted by Gasteiger charge is -2.46. The molecule has 2 saturated heterocycles. The maximum atomic E-state index is 6.05. The van der Waals surface area contributed by atoms with Crippen LogP contribution < -0.4 is 10.6 Å². The van der Waals surface area contributed by atoms with E-state index in [1.807, 2.05) is 24.4 Å². The van der Waals surface area contributed by atoms with Crippen molar-refractivity contribution in [2.75, 3.05) is 37.7 Å². The van der Waals surface area contributed by atoms with Gasteiger partial charge in [-0.25, -0.2) is 4.98 Å². The van der Waals surface area contributed by atoms with Crippen LogP contribution in [0.4, 0.5) is 5.82 Å². The number of benzene rings is 1. The lowest BCUT2D eigenvalue weighted by molar-refractivity contribution is -0.0779. The second-order valence-corrected chi connectivity index (χ2v) is 8.21. The molecule has 5 nitrogen and oxygen atoms in total. The van der Waals surface area contributed by atoms with Crippen molar-refractivity contribution in [1.29, 1.82) is 0 Å². The summed E-state index contributed by atoms with van der Waals surface area (Å²) in [6.07, 6.45) is 5.28. The quantitative estimate of drug-likeness (QED) is 0.836. The van der Waals surface area contributed by atoms with Gasteiger partial charge in [0.05, 0.1) is 12.7 Å². The Hall–Kier alpha value is -1.66. The molecule has 0 unspecified atom stereocenters. The molecular formula is C22H29ClN4O. The van der Waals surface area contributed by atoms with Crippen LogP contribution in [0, 0.1) is 0 Å². The number of halogens is 1. The number of rotatable bonds is 5. The van der Waals surface area contributed by atoms with Gasteiger partial charge in [0.25, 0.3) is 0 Å². The Kier molecular flexibility index (Phi) is 6.47. The minimum absolute atomic E-state index is 0.135. The number of hydrogen-bond donors (Lipinski definition) is 1. The fourth-order valence-electron chi connectivity index (χ4n) is 4.41. The molecule has 2 atom stereocenters. The predicted molar refractivity (Wildman–Crippen MR) is 114 cm³/mol. The van der Waals surface area contributed by atoms with Gasteiger partial charge in [-0.3, -0.25) is 4.90 Å². The van der Waals surface area contributed by atoms with Crippen molar-refractivity contribution in [3.63, 3.8) is 0 Å². The number of piperidine rings is 1. The van der Waals surface area contributed by atoms with Gasteiger partial charge in [-0.2, -0.15) is 0 Å². The van der Waals surface area contributed by atoms with Gasteiger partial charge in [0, 0.05) is 49.5 Å². The van der Waals surface area contributed by atoms with E-state index >= 15 is 0 Å². The summed E-state index contributed by atoms with van der Waals surface area (Å²) in [4.78, 5) is 9.56. The minimum Gasteiger partial charge on any atom is -0.374 e. The van der Waals surface area contributed by atoms with Gasteiger partial charge in [0.2, 0.25) is 0 Å². The number of aromatic nitrogens is 1. The smallest absolute Gasteiger partial charge is 0.128 e. The Balaban J connectivity index is 1.42. The molecule has 4 rings (SSSR count). The molecular weight excluding hydrogens is 372 g/mol. The van der Waals surface area contributed by atoms with Crippen LogP contribution in [-0.2, 0) is 11.2 Å². The van der Waals surface area contributed by atoms with Crippen molar-refractivity contribution < 1.29 is 4.74 Å². The van der Waals surface area contributed by atoms with E-state index in [4.69, 9.17) is 22.1 Å². The van der Waals surface area contributed by atoms with Crippen LogP contribution in [0.1, 0.15) is 18.4 Å². The van der Waals surface area contributed by atoms with Gasteiger partial charge >= 0.3 is 0 Å². The van der Waals surface area contributed by atoms with Gasteiger partial charge in [-0.15, -0.1) is 0 Å². The zero-order chi connectivity index (χ0) is 19.3. The van der Waals surface area contributed by atoms with Gasteiger partial charge < -0.3 is 15.4 Å². The topological polar surface area (TPSA) is 54.6 Å². The lowest BCUT2D eigenvalue weighted by atomic mass is 9.96. The van der Waals surface area contributed by atoms with Gasteiger partial charge in [-0.05, 0) is 49.1 Å². The van der Waals surface area contributed by atoms with Crippen molar-refractivity contribution in [2.24, 2.45) is 5.73 Å². The monoisotopic (exact) mass is 400 g/mol. The largest absolute Gasteiger partial charge is 0.374 e. The third kappa shape index (κ3) is 4.66. The van der Waals surface area contributed by atoms with Crippen LogP contribution in [0.3, 0.4) is 0 Å². The van der Waals surface area contributed by atoms with Gasteiger partial charge in [-0.1, -0.05) is 29.8 Å². The first-order valence-electron chi connectivity index (χ1n) is 10.2. The van der Waals surface area contributed by atoms with Crippen LogP contribution >= 0.6 is 11.6 Å². The second-order valence-electron chi connectivity index (χ2n) is 7.78. The van der Waals surface area contributed by atoms with E-state index in [1.165, 1.54) is 5.56 Å². The minimum atomic E-state index is 0.135. The Morgan fingerprint density at radius 1 is 1.11 bits per heavy atom. The molecule has 6 heteroatoms. The molecule has 2 aliphatic rings. The van der Waals surface area contributed by atoms with Crippen molar-refractivity contribution in [3.05, 3.63) is 59.2 Å². The first-order chi connectivity index (χ1) is 13.7. The van der Waals surface area contributed by atoms with Crippen LogP contribution in [0.15, 0.2) is 48.7 Å². The zero-order valence-electron chi connectivity index (χ0n) is 16.2. The van der Waals surface area contributed by atoms with Crippen molar-refractivity contribution in [1.82, 2.24) is 9.88 Å². The molecule has 0 spiro atoms. The third-order valence-corrected chi connectivity index (χ3v) is 6.21. The van der Waals surface area contributed by atoms with E-state index in [1.54, 1.807) is 0 Å². The normalized spacial score (nSPS) is 24.4. The van der Waals surface area contributed by atoms with Crippen LogP contribution in [-0.4, -0.2) is 60.9 Å². The molecule has 2 aromatic rings. The fraction of sp³-hybridized carbons (Fsp3) is 0.500. The van der Waals surface area contributed by atoms with Gasteiger partial charge in [0.15, 0.2) is 0 Å². The number of pyridine rings is 1. The first-order valence-corrected chi connectivity index (χ1v) is 10.6. The molecule has 0 amide bonds. The highest BCUT2D eigenvalue weighted by Gasteiger charge is 2.35. The van der Waals surface area contributed by atoms with Crippen molar-refractivity contribution in [3.8, 4) is 0 Å². The Morgan fingerprint density at radius 3 is 2.57 bits per heavy atom. The summed E-state index contributed by atoms with van der Waals surface area (Å²) < 4.78 is 6.03. The summed E-state index contributed by atoms with van der Waals surface area (Å²) >= 11 is 6.05. The predicted octanol–water partition coefficient (Wildman–Crippen LogP) is 2.97. The Labute approximate surface area is 172 Å². The zero-order valence-corrected chi connectivity index (χ0v) is 17.0. The van der Waals surface area contributed by atoms with E-state index in [9.17, 15) is 0 Å². The SMILES string of the molecule is NC[C@H]1CN(C2CCN(c3ccccn3)CC2)[C@@H](Cc2ccc(Cl)cc2)CO1. The number of nitrogens with two attached hydrogens (primary N) is 1. The summed E-state index contributed by atoms with van der Waals surface area (Å²) in [6, 6.07) is 15.3. The molecule has 3 heterocycles. The molecule has 150 valence electrons. The molecule has 1 aromatic heterocycles. The molecule has 2 N–H and O–H groups in total. The third-order valence-electron chi connectivity index (χ3n) is 5.96. The fourth-order valence-corrected chi connectivity index (χ4v) is 4.53. The highest BCUT2D eigenvalue weighted by molar-refractivity contribution is 6.30. The summed E-state index contributed by atoms with van der Waals surface area (Å²) in [6.45, 7) is 4.32. The van der Waals surface area contributed by atoms with Crippen LogP contribution in [0.25, 0.3) is 0 Å². The standard InChI is InChI=1S/C22H29ClN4O/c23-18-6-4-17(5-7-18)13-20-16-28-21(14-24)15-27(20)19-8-11-26(12-9-19)22-3-1-2-10-25-22/h1-7,10,19-21H,8-9,11-16,24H2/t20-,21-/m0/s1. The number of ether oxygens (including phenoxy) is 1. The number of anilines is 1. The van der Waals surface area contributed by atoms with E-state index in [2.05, 4.69) is 39.0 Å². The Morgan fingerprint density at radius 2 is 1.89 bits per heavy atom. The number of morpholine rings is 1. The molecule has 0 aliphatic carbocycles. The second kappa shape index (κ2) is 9.23. The highest BCUT2D eigenvalue weighted by atomic mass is 35.5. The average molecular weight is 401 g/mol. The van der Waals surface area contributed by atoms with E-state index < -0.39 is 0 Å². The summed E-state index contributed by atoms with van der Waals surface area (Å²) in [5, 5.41) is 0.783. The Bertz CT molecular complexity index is 734. The number of hydrogen-bond acceptors (Lipinski definition) is 5. The van der Waals surface area contributed by atoms with Crippen molar-refractivity contribution in [2.45, 2.75) is 37.5 Å². The average Bonchev–Trinajstić information content (AvgIpc) is 2.76. The van der Waals surface area contributed by atoms with E-state index in [0.29, 0.717) is 18.6 Å². The maximum absolute atomic E-state index is 6.05. The molecule has 28 heavy (non-hydrogen) atoms. The molecule has 0 bridgehead atoms. The first kappa shape index (κ1) is 19.6. The van der Waals surface area contributed by atoms with Crippen LogP contribution in [0.5, 0.6) is 0 Å². The van der Waals surface area contributed by atoms with Crippen molar-refractivity contribution >= 4 is 17.4 Å². The van der Waals surface area contributed by atoms with Gasteiger partial charge in [0.1, 0.15) is 5.82 Å². The lowest BCUT2D eigenvalue weighted by Crippen LogP contribution is -2.58. The summed E-state index contributed by atoms with van der Waals surface area (Å²) in [5.41, 5.74) is 7.23. The number of nitrogens with zero attached hydrogens (tertiary/aromatic N) is 3.